The number of hydrogen-bond acceptors (Lipinski definition) is 5. The molecular formula is C27H38N6O2. The largest absolute Gasteiger partial charge is 0.371 e. The van der Waals surface area contributed by atoms with Crippen molar-refractivity contribution in [2.45, 2.75) is 64.5 Å². The topological polar surface area (TPSA) is 64.9 Å². The molecule has 3 saturated heterocycles. The van der Waals surface area contributed by atoms with Crippen LogP contribution in [0.3, 0.4) is 0 Å². The second kappa shape index (κ2) is 9.64. The maximum absolute atomic E-state index is 13.1. The lowest BCUT2D eigenvalue weighted by Crippen LogP contribution is -2.53. The molecule has 0 aliphatic carbocycles. The molecule has 1 aromatic heterocycles. The van der Waals surface area contributed by atoms with Gasteiger partial charge in [0.25, 0.3) is 0 Å². The molecule has 188 valence electrons. The number of hydrogen-bond donors (Lipinski definition) is 0. The molecule has 3 aliphatic heterocycles. The number of nitrogens with zero attached hydrogens (tertiary/aromatic N) is 6. The van der Waals surface area contributed by atoms with Crippen molar-refractivity contribution in [3.63, 3.8) is 0 Å². The van der Waals surface area contributed by atoms with Gasteiger partial charge in [0, 0.05) is 70.2 Å². The zero-order valence-electron chi connectivity index (χ0n) is 21.4. The first kappa shape index (κ1) is 23.9. The van der Waals surface area contributed by atoms with Gasteiger partial charge in [-0.05, 0) is 69.2 Å². The highest BCUT2D eigenvalue weighted by atomic mass is 16.2. The van der Waals surface area contributed by atoms with E-state index in [0.29, 0.717) is 5.82 Å². The maximum Gasteiger partial charge on any atom is 0.344 e. The number of amides is 2. The average molecular weight is 479 g/mol. The van der Waals surface area contributed by atoms with E-state index < -0.39 is 0 Å². The summed E-state index contributed by atoms with van der Waals surface area (Å²) in [6, 6.07) is 8.56. The molecule has 2 aromatic rings. The van der Waals surface area contributed by atoms with Crippen molar-refractivity contribution in [2.75, 3.05) is 49.6 Å². The third kappa shape index (κ3) is 4.68. The van der Waals surface area contributed by atoms with Gasteiger partial charge in [-0.1, -0.05) is 12.1 Å². The minimum Gasteiger partial charge on any atom is -0.371 e. The maximum atomic E-state index is 13.1. The van der Waals surface area contributed by atoms with Crippen LogP contribution in [0, 0.1) is 6.92 Å². The number of benzene rings is 1. The number of anilines is 2. The Morgan fingerprint density at radius 2 is 1.74 bits per heavy atom. The monoisotopic (exact) mass is 478 g/mol. The molecule has 8 nitrogen and oxygen atoms in total. The van der Waals surface area contributed by atoms with Gasteiger partial charge in [-0.15, -0.1) is 5.10 Å². The number of aromatic nitrogens is 2. The van der Waals surface area contributed by atoms with Crippen molar-refractivity contribution < 1.29 is 9.59 Å². The van der Waals surface area contributed by atoms with Crippen molar-refractivity contribution in [1.82, 2.24) is 19.6 Å². The lowest BCUT2D eigenvalue weighted by atomic mass is 9.84. The van der Waals surface area contributed by atoms with E-state index in [1.54, 1.807) is 19.3 Å². The fourth-order valence-corrected chi connectivity index (χ4v) is 6.09. The van der Waals surface area contributed by atoms with Crippen LogP contribution in [0.4, 0.5) is 16.3 Å². The smallest absolute Gasteiger partial charge is 0.344 e. The zero-order valence-corrected chi connectivity index (χ0v) is 21.4. The van der Waals surface area contributed by atoms with Crippen molar-refractivity contribution in [2.24, 2.45) is 0 Å². The summed E-state index contributed by atoms with van der Waals surface area (Å²) in [5, 5.41) is 4.34. The average Bonchev–Trinajstić information content (AvgIpc) is 3.62. The molecule has 5 rings (SSSR count). The minimum atomic E-state index is -0.109. The molecule has 1 spiro atoms. The molecule has 1 aromatic carbocycles. The third-order valence-corrected chi connectivity index (χ3v) is 8.34. The molecule has 3 aliphatic rings. The van der Waals surface area contributed by atoms with Crippen LogP contribution in [0.5, 0.6) is 0 Å². The fraction of sp³-hybridized carbons (Fsp3) is 0.593. The quantitative estimate of drug-likeness (QED) is 0.668. The summed E-state index contributed by atoms with van der Waals surface area (Å²) in [4.78, 5) is 33.4. The van der Waals surface area contributed by atoms with Crippen molar-refractivity contribution in [3.8, 4) is 0 Å². The van der Waals surface area contributed by atoms with Gasteiger partial charge in [-0.3, -0.25) is 14.6 Å². The van der Waals surface area contributed by atoms with Crippen LogP contribution in [0.25, 0.3) is 0 Å². The van der Waals surface area contributed by atoms with Gasteiger partial charge in [0.1, 0.15) is 0 Å². The highest BCUT2D eigenvalue weighted by Gasteiger charge is 2.44. The van der Waals surface area contributed by atoms with Gasteiger partial charge in [0.05, 0.1) is 0 Å². The molecule has 0 atom stereocenters. The SMILES string of the molecule is CC(=O)N(C)c1ccn(C(=O)N2CCC3(CCCN3Cc3ccc(C)cc3N3CCCC3)CC2)n1. The lowest BCUT2D eigenvalue weighted by Gasteiger charge is -2.45. The Balaban J connectivity index is 1.26. The normalized spacial score (nSPS) is 20.1. The molecule has 0 N–H and O–H groups in total. The summed E-state index contributed by atoms with van der Waals surface area (Å²) in [5.41, 5.74) is 4.36. The molecule has 3 fully saturated rings. The summed E-state index contributed by atoms with van der Waals surface area (Å²) >= 11 is 0. The predicted octanol–water partition coefficient (Wildman–Crippen LogP) is 3.87. The summed E-state index contributed by atoms with van der Waals surface area (Å²) in [7, 11) is 1.67. The first-order valence-corrected chi connectivity index (χ1v) is 13.1. The van der Waals surface area contributed by atoms with E-state index in [4.69, 9.17) is 0 Å². The van der Waals surface area contributed by atoms with E-state index >= 15 is 0 Å². The number of piperidine rings is 1. The molecule has 0 unspecified atom stereocenters. The molecule has 2 amide bonds. The molecule has 0 radical (unpaired) electrons. The van der Waals surface area contributed by atoms with Crippen LogP contribution in [0.1, 0.15) is 56.6 Å². The predicted molar refractivity (Wildman–Crippen MR) is 138 cm³/mol. The second-order valence-corrected chi connectivity index (χ2v) is 10.5. The Morgan fingerprint density at radius 3 is 2.46 bits per heavy atom. The molecule has 4 heterocycles. The van der Waals surface area contributed by atoms with Crippen LogP contribution in [0.15, 0.2) is 30.5 Å². The Hall–Kier alpha value is -2.87. The van der Waals surface area contributed by atoms with Crippen LogP contribution in [-0.2, 0) is 11.3 Å². The van der Waals surface area contributed by atoms with Gasteiger partial charge in [-0.25, -0.2) is 4.79 Å². The minimum absolute atomic E-state index is 0.106. The molecule has 0 bridgehead atoms. The Morgan fingerprint density at radius 1 is 1.00 bits per heavy atom. The standard InChI is InChI=1S/C27H38N6O2/c1-21-7-8-23(24(19-21)30-13-4-5-14-30)20-32-15-6-10-27(32)11-17-31(18-12-27)26(35)33-16-9-25(28-33)29(3)22(2)34/h7-9,16,19H,4-6,10-15,17-18,20H2,1-3H3. The number of likely N-dealkylation sites (tertiary alicyclic amines) is 2. The molecular weight excluding hydrogens is 440 g/mol. The first-order chi connectivity index (χ1) is 16.9. The first-order valence-electron chi connectivity index (χ1n) is 13.1. The number of rotatable bonds is 4. The lowest BCUT2D eigenvalue weighted by molar-refractivity contribution is -0.116. The summed E-state index contributed by atoms with van der Waals surface area (Å²) in [5.74, 6) is 0.388. The molecule has 8 heteroatoms. The third-order valence-electron chi connectivity index (χ3n) is 8.34. The number of aryl methyl sites for hydroxylation is 1. The summed E-state index contributed by atoms with van der Waals surface area (Å²) < 4.78 is 1.37. The van der Waals surface area contributed by atoms with E-state index in [2.05, 4.69) is 40.0 Å². The van der Waals surface area contributed by atoms with Gasteiger partial charge in [-0.2, -0.15) is 4.68 Å². The zero-order chi connectivity index (χ0) is 24.6. The van der Waals surface area contributed by atoms with E-state index in [9.17, 15) is 9.59 Å². The van der Waals surface area contributed by atoms with Crippen LogP contribution in [-0.4, -0.2) is 76.8 Å². The number of carbonyl (C=O) groups is 2. The van der Waals surface area contributed by atoms with E-state index in [-0.39, 0.29) is 17.5 Å². The van der Waals surface area contributed by atoms with Gasteiger partial charge < -0.3 is 9.80 Å². The Labute approximate surface area is 208 Å². The van der Waals surface area contributed by atoms with Gasteiger partial charge in [0.2, 0.25) is 5.91 Å². The van der Waals surface area contributed by atoms with Gasteiger partial charge in [0.15, 0.2) is 5.82 Å². The van der Waals surface area contributed by atoms with E-state index in [0.717, 1.165) is 52.1 Å². The van der Waals surface area contributed by atoms with Crippen molar-refractivity contribution in [1.29, 1.82) is 0 Å². The Bertz CT molecular complexity index is 1080. The highest BCUT2D eigenvalue weighted by molar-refractivity contribution is 5.90. The van der Waals surface area contributed by atoms with Crippen LogP contribution >= 0.6 is 0 Å². The second-order valence-electron chi connectivity index (χ2n) is 10.5. The molecule has 35 heavy (non-hydrogen) atoms. The van der Waals surface area contributed by atoms with Crippen LogP contribution < -0.4 is 9.80 Å². The number of carbonyl (C=O) groups excluding carboxylic acids is 2. The van der Waals surface area contributed by atoms with Gasteiger partial charge >= 0.3 is 6.03 Å². The Kier molecular flexibility index (Phi) is 6.57. The molecule has 0 saturated carbocycles. The summed E-state index contributed by atoms with van der Waals surface area (Å²) in [6.07, 6.45) is 8.63. The van der Waals surface area contributed by atoms with Crippen molar-refractivity contribution >= 4 is 23.4 Å². The van der Waals surface area contributed by atoms with E-state index in [1.165, 1.54) is 59.0 Å². The highest BCUT2D eigenvalue weighted by Crippen LogP contribution is 2.40. The van der Waals surface area contributed by atoms with Crippen LogP contribution in [0.2, 0.25) is 0 Å². The van der Waals surface area contributed by atoms with E-state index in [1.807, 2.05) is 4.90 Å². The summed E-state index contributed by atoms with van der Waals surface area (Å²) in [6.45, 7) is 9.59. The fourth-order valence-electron chi connectivity index (χ4n) is 6.09. The van der Waals surface area contributed by atoms with Crippen molar-refractivity contribution in [3.05, 3.63) is 41.6 Å².